The summed E-state index contributed by atoms with van der Waals surface area (Å²) in [5, 5.41) is 0. The van der Waals surface area contributed by atoms with Gasteiger partial charge in [0.05, 0.1) is 0 Å². The number of alkyl halides is 1. The first-order valence-corrected chi connectivity index (χ1v) is 14.6. The second kappa shape index (κ2) is 6.18. The van der Waals surface area contributed by atoms with Crippen molar-refractivity contribution in [3.63, 3.8) is 0 Å². The Morgan fingerprint density at radius 3 is 2.29 bits per heavy atom. The van der Waals surface area contributed by atoms with Gasteiger partial charge in [0, 0.05) is 0 Å². The molecule has 0 saturated carbocycles. The molecule has 0 aliphatic rings. The van der Waals surface area contributed by atoms with Crippen LogP contribution in [-0.2, 0) is 0 Å². The van der Waals surface area contributed by atoms with Crippen molar-refractivity contribution in [2.75, 3.05) is 4.43 Å². The van der Waals surface area contributed by atoms with Gasteiger partial charge in [0.2, 0.25) is 0 Å². The van der Waals surface area contributed by atoms with E-state index in [0.717, 1.165) is 0 Å². The third-order valence-electron chi connectivity index (χ3n) is 2.65. The van der Waals surface area contributed by atoms with E-state index in [1.807, 2.05) is 0 Å². The van der Waals surface area contributed by atoms with Gasteiger partial charge in [-0.25, -0.2) is 0 Å². The number of benzene rings is 2. The summed E-state index contributed by atoms with van der Waals surface area (Å²) in [6, 6.07) is 17.8. The fourth-order valence-corrected chi connectivity index (χ4v) is 5.63. The van der Waals surface area contributed by atoms with E-state index in [-0.39, 0.29) is 0 Å². The summed E-state index contributed by atoms with van der Waals surface area (Å²) >= 11 is 1.77. The minimum atomic E-state index is -0.905. The van der Waals surface area contributed by atoms with Crippen molar-refractivity contribution in [2.45, 2.75) is 13.8 Å². The summed E-state index contributed by atoms with van der Waals surface area (Å²) in [5.41, 5.74) is 4.02. The maximum atomic E-state index is 2.67. The van der Waals surface area contributed by atoms with Crippen LogP contribution in [0.3, 0.4) is 0 Å². The predicted molar refractivity (Wildman–Crippen MR) is 93.9 cm³/mol. The Bertz CT molecular complexity index is 506. The van der Waals surface area contributed by atoms with Crippen molar-refractivity contribution in [2.24, 2.45) is 0 Å². The third kappa shape index (κ3) is 3.44. The van der Waals surface area contributed by atoms with Crippen LogP contribution in [0.4, 0.5) is 0 Å². The molecule has 17 heavy (non-hydrogen) atoms. The zero-order valence-corrected chi connectivity index (χ0v) is 14.4. The summed E-state index contributed by atoms with van der Waals surface area (Å²) in [4.78, 5) is 0. The van der Waals surface area contributed by atoms with Gasteiger partial charge in [0.15, 0.2) is 0 Å². The molecule has 0 radical (unpaired) electrons. The Balaban J connectivity index is 2.39. The summed E-state index contributed by atoms with van der Waals surface area (Å²) in [6.07, 6.45) is 0. The molecule has 0 aromatic heterocycles. The normalized spacial score (nSPS) is 11.4. The molecule has 2 aromatic carbocycles. The Morgan fingerprint density at radius 2 is 1.65 bits per heavy atom. The van der Waals surface area contributed by atoms with Gasteiger partial charge in [-0.3, -0.25) is 0 Å². The van der Waals surface area contributed by atoms with Crippen molar-refractivity contribution in [1.29, 1.82) is 0 Å². The van der Waals surface area contributed by atoms with Gasteiger partial charge >= 0.3 is 122 Å². The predicted octanol–water partition coefficient (Wildman–Crippen LogP) is 5.71. The average molecular weight is 450 g/mol. The molecule has 0 aliphatic heterocycles. The molecular weight excluding hydrogens is 434 g/mol. The van der Waals surface area contributed by atoms with Gasteiger partial charge < -0.3 is 0 Å². The van der Waals surface area contributed by atoms with Crippen LogP contribution in [0.25, 0.3) is 11.1 Å². The Labute approximate surface area is 120 Å². The van der Waals surface area contributed by atoms with E-state index in [0.29, 0.717) is 0 Å². The van der Waals surface area contributed by atoms with Crippen LogP contribution >= 0.6 is 34.5 Å². The van der Waals surface area contributed by atoms with E-state index in [2.05, 4.69) is 81.0 Å². The topological polar surface area (TPSA) is 0 Å². The zero-order chi connectivity index (χ0) is 12.3. The van der Waals surface area contributed by atoms with E-state index < -0.39 is 15.8 Å². The van der Waals surface area contributed by atoms with Crippen molar-refractivity contribution in [3.05, 3.63) is 57.7 Å². The molecule has 0 spiro atoms. The Morgan fingerprint density at radius 1 is 1.00 bits per heavy atom. The second-order valence-corrected chi connectivity index (χ2v) is 15.1. The van der Waals surface area contributed by atoms with Crippen LogP contribution in [0.1, 0.15) is 12.5 Å². The van der Waals surface area contributed by atoms with E-state index in [1.165, 1.54) is 21.1 Å². The van der Waals surface area contributed by atoms with Gasteiger partial charge in [0.1, 0.15) is 0 Å². The van der Waals surface area contributed by atoms with Crippen LogP contribution in [0.2, 0.25) is 0 Å². The molecule has 0 heterocycles. The van der Waals surface area contributed by atoms with E-state index in [9.17, 15) is 0 Å². The first kappa shape index (κ1) is 13.3. The monoisotopic (exact) mass is 450 g/mol. The van der Waals surface area contributed by atoms with Crippen LogP contribution in [0, 0.1) is 10.5 Å². The molecule has 2 aromatic rings. The first-order chi connectivity index (χ1) is 8.20. The SMILES string of the molecule is CCI(I)c1cccc(-c2cccc(C)c2)c1. The van der Waals surface area contributed by atoms with Crippen LogP contribution < -0.4 is 0 Å². The van der Waals surface area contributed by atoms with Gasteiger partial charge in [-0.05, 0) is 0 Å². The minimum absolute atomic E-state index is 0.905. The van der Waals surface area contributed by atoms with Crippen molar-refractivity contribution < 1.29 is 0 Å². The quantitative estimate of drug-likeness (QED) is 0.416. The molecular formula is C15H16I2. The molecule has 0 bridgehead atoms. The molecule has 0 atom stereocenters. The molecule has 0 aliphatic carbocycles. The zero-order valence-electron chi connectivity index (χ0n) is 10.1. The fraction of sp³-hybridized carbons (Fsp3) is 0.200. The third-order valence-corrected chi connectivity index (χ3v) is 13.0. The maximum absolute atomic E-state index is 2.67. The molecule has 0 N–H and O–H groups in total. The summed E-state index contributed by atoms with van der Waals surface area (Å²) in [6.45, 7) is 4.45. The average Bonchev–Trinajstić information content (AvgIpc) is 2.38. The fourth-order valence-electron chi connectivity index (χ4n) is 1.77. The van der Waals surface area contributed by atoms with Gasteiger partial charge in [0.25, 0.3) is 0 Å². The van der Waals surface area contributed by atoms with Gasteiger partial charge in [-0.2, -0.15) is 0 Å². The van der Waals surface area contributed by atoms with E-state index in [4.69, 9.17) is 0 Å². The van der Waals surface area contributed by atoms with E-state index >= 15 is 0 Å². The van der Waals surface area contributed by atoms with Crippen LogP contribution in [-0.4, -0.2) is 4.43 Å². The number of hydrogen-bond donors (Lipinski definition) is 0. The van der Waals surface area contributed by atoms with Crippen molar-refractivity contribution in [1.82, 2.24) is 0 Å². The van der Waals surface area contributed by atoms with Crippen LogP contribution in [0.15, 0.2) is 48.5 Å². The molecule has 90 valence electrons. The molecule has 0 fully saturated rings. The number of halogens is 2. The number of aryl methyl sites for hydroxylation is 1. The molecule has 0 unspecified atom stereocenters. The van der Waals surface area contributed by atoms with Crippen molar-refractivity contribution >= 4 is 34.5 Å². The van der Waals surface area contributed by atoms with Crippen LogP contribution in [0.5, 0.6) is 0 Å². The molecule has 0 amide bonds. The first-order valence-electron chi connectivity index (χ1n) is 5.70. The Hall–Kier alpha value is -0.1000. The second-order valence-electron chi connectivity index (χ2n) is 3.95. The van der Waals surface area contributed by atoms with E-state index in [1.54, 1.807) is 3.57 Å². The molecule has 0 nitrogen and oxygen atoms in total. The summed E-state index contributed by atoms with van der Waals surface area (Å²) in [7, 11) is 0. The molecule has 2 rings (SSSR count). The molecule has 2 heteroatoms. The van der Waals surface area contributed by atoms with Crippen molar-refractivity contribution in [3.8, 4) is 11.1 Å². The summed E-state index contributed by atoms with van der Waals surface area (Å²) < 4.78 is 2.91. The van der Waals surface area contributed by atoms with Gasteiger partial charge in [-0.15, -0.1) is 0 Å². The summed E-state index contributed by atoms with van der Waals surface area (Å²) in [5.74, 6) is 0. The van der Waals surface area contributed by atoms with Gasteiger partial charge in [-0.1, -0.05) is 0 Å². The standard InChI is InChI=1S/C15H16I2/c1-3-17(16)15-9-5-8-14(11-15)13-7-4-6-12(2)10-13/h4-11H,3H2,1-2H3. The molecule has 0 saturated heterocycles. The number of rotatable bonds is 3. The number of hydrogen-bond acceptors (Lipinski definition) is 0. The Kier molecular flexibility index (Phi) is 4.85.